The van der Waals surface area contributed by atoms with Crippen LogP contribution in [0.4, 0.5) is 5.69 Å². The molecule has 5 heteroatoms. The quantitative estimate of drug-likeness (QED) is 0.879. The molecule has 1 saturated heterocycles. The van der Waals surface area contributed by atoms with Crippen LogP contribution in [-0.2, 0) is 9.53 Å². The summed E-state index contributed by atoms with van der Waals surface area (Å²) in [5.41, 5.74) is 8.45. The van der Waals surface area contributed by atoms with Gasteiger partial charge in [0.05, 0.1) is 6.04 Å². The van der Waals surface area contributed by atoms with Gasteiger partial charge in [-0.1, -0.05) is 18.2 Å². The summed E-state index contributed by atoms with van der Waals surface area (Å²) in [4.78, 5) is 16.4. The number of piperazine rings is 1. The van der Waals surface area contributed by atoms with Crippen molar-refractivity contribution >= 4 is 11.6 Å². The van der Waals surface area contributed by atoms with Gasteiger partial charge in [0.2, 0.25) is 5.91 Å². The Kier molecular flexibility index (Phi) is 5.59. The van der Waals surface area contributed by atoms with E-state index < -0.39 is 6.04 Å². The van der Waals surface area contributed by atoms with Crippen molar-refractivity contribution in [2.24, 2.45) is 5.73 Å². The Balaban J connectivity index is 1.88. The molecule has 1 aromatic rings. The second kappa shape index (κ2) is 7.43. The van der Waals surface area contributed by atoms with Crippen LogP contribution in [0, 0.1) is 6.92 Å². The summed E-state index contributed by atoms with van der Waals surface area (Å²) in [7, 11) is 1.62. The average Bonchev–Trinajstić information content (AvgIpc) is 2.52. The molecule has 0 aromatic heterocycles. The third-order valence-corrected chi connectivity index (χ3v) is 4.00. The van der Waals surface area contributed by atoms with E-state index in [1.54, 1.807) is 7.11 Å². The van der Waals surface area contributed by atoms with E-state index in [2.05, 4.69) is 30.0 Å². The zero-order valence-electron chi connectivity index (χ0n) is 12.9. The summed E-state index contributed by atoms with van der Waals surface area (Å²) < 4.78 is 4.98. The molecule has 2 rings (SSSR count). The van der Waals surface area contributed by atoms with Gasteiger partial charge in [-0.05, 0) is 25.0 Å². The fraction of sp³-hybridized carbons (Fsp3) is 0.562. The molecular formula is C16H25N3O2. The molecule has 1 fully saturated rings. The van der Waals surface area contributed by atoms with Crippen LogP contribution in [0.25, 0.3) is 0 Å². The Bertz CT molecular complexity index is 470. The van der Waals surface area contributed by atoms with Crippen LogP contribution < -0.4 is 10.6 Å². The van der Waals surface area contributed by atoms with Crippen molar-refractivity contribution in [3.8, 4) is 0 Å². The van der Waals surface area contributed by atoms with Crippen LogP contribution in [0.2, 0.25) is 0 Å². The van der Waals surface area contributed by atoms with Gasteiger partial charge in [-0.15, -0.1) is 0 Å². The molecule has 1 aromatic carbocycles. The Morgan fingerprint density at radius 3 is 2.57 bits per heavy atom. The molecule has 0 saturated carbocycles. The predicted octanol–water partition coefficient (Wildman–Crippen LogP) is 1.01. The minimum atomic E-state index is -0.449. The highest BCUT2D eigenvalue weighted by atomic mass is 16.5. The normalized spacial score (nSPS) is 16.9. The third kappa shape index (κ3) is 3.95. The number of aryl methyl sites for hydroxylation is 1. The first-order chi connectivity index (χ1) is 10.1. The zero-order chi connectivity index (χ0) is 15.2. The maximum Gasteiger partial charge on any atom is 0.239 e. The van der Waals surface area contributed by atoms with E-state index in [0.29, 0.717) is 13.0 Å². The van der Waals surface area contributed by atoms with Crippen LogP contribution in [0.5, 0.6) is 0 Å². The standard InChI is InChI=1S/C16H25N3O2/c1-13-5-3-4-6-15(13)18-8-10-19(11-9-18)16(20)14(17)7-12-21-2/h3-6,14H,7-12,17H2,1-2H3. The first-order valence-electron chi connectivity index (χ1n) is 7.47. The zero-order valence-corrected chi connectivity index (χ0v) is 12.9. The first kappa shape index (κ1) is 15.8. The molecule has 0 spiro atoms. The number of carbonyl (C=O) groups is 1. The predicted molar refractivity (Wildman–Crippen MR) is 84.4 cm³/mol. The molecule has 1 aliphatic heterocycles. The van der Waals surface area contributed by atoms with Gasteiger partial charge in [-0.25, -0.2) is 0 Å². The lowest BCUT2D eigenvalue weighted by molar-refractivity contribution is -0.133. The van der Waals surface area contributed by atoms with E-state index in [1.165, 1.54) is 11.3 Å². The Morgan fingerprint density at radius 1 is 1.29 bits per heavy atom. The van der Waals surface area contributed by atoms with Gasteiger partial charge < -0.3 is 20.3 Å². The fourth-order valence-corrected chi connectivity index (χ4v) is 2.69. The van der Waals surface area contributed by atoms with Crippen molar-refractivity contribution in [1.82, 2.24) is 4.90 Å². The van der Waals surface area contributed by atoms with E-state index in [-0.39, 0.29) is 5.91 Å². The molecule has 0 radical (unpaired) electrons. The molecule has 116 valence electrons. The van der Waals surface area contributed by atoms with E-state index >= 15 is 0 Å². The maximum absolute atomic E-state index is 12.2. The van der Waals surface area contributed by atoms with Crippen molar-refractivity contribution in [3.63, 3.8) is 0 Å². The Hall–Kier alpha value is -1.59. The second-order valence-corrected chi connectivity index (χ2v) is 5.49. The van der Waals surface area contributed by atoms with Crippen molar-refractivity contribution in [2.45, 2.75) is 19.4 Å². The largest absolute Gasteiger partial charge is 0.385 e. The minimum absolute atomic E-state index is 0.0384. The molecular weight excluding hydrogens is 266 g/mol. The van der Waals surface area contributed by atoms with Gasteiger partial charge in [0.25, 0.3) is 0 Å². The van der Waals surface area contributed by atoms with Gasteiger partial charge in [0, 0.05) is 45.6 Å². The summed E-state index contributed by atoms with van der Waals surface area (Å²) in [6.07, 6.45) is 0.577. The van der Waals surface area contributed by atoms with Crippen LogP contribution in [0.1, 0.15) is 12.0 Å². The van der Waals surface area contributed by atoms with Gasteiger partial charge >= 0.3 is 0 Å². The summed E-state index contributed by atoms with van der Waals surface area (Å²) in [5.74, 6) is 0.0384. The molecule has 1 heterocycles. The number of benzene rings is 1. The smallest absolute Gasteiger partial charge is 0.239 e. The molecule has 1 aliphatic rings. The van der Waals surface area contributed by atoms with Crippen LogP contribution in [-0.4, -0.2) is 56.7 Å². The van der Waals surface area contributed by atoms with E-state index in [9.17, 15) is 4.79 Å². The van der Waals surface area contributed by atoms with E-state index in [0.717, 1.165) is 26.2 Å². The summed E-state index contributed by atoms with van der Waals surface area (Å²) in [5, 5.41) is 0. The monoisotopic (exact) mass is 291 g/mol. The molecule has 1 atom stereocenters. The van der Waals surface area contributed by atoms with Gasteiger partial charge in [-0.3, -0.25) is 4.79 Å². The Morgan fingerprint density at radius 2 is 1.95 bits per heavy atom. The summed E-state index contributed by atoms with van der Waals surface area (Å²) in [6, 6.07) is 7.91. The van der Waals surface area contributed by atoms with Crippen molar-refractivity contribution in [3.05, 3.63) is 29.8 Å². The number of ether oxygens (including phenoxy) is 1. The number of hydrogen-bond acceptors (Lipinski definition) is 4. The number of nitrogens with two attached hydrogens (primary N) is 1. The number of anilines is 1. The lowest BCUT2D eigenvalue weighted by atomic mass is 10.1. The molecule has 0 aliphatic carbocycles. The van der Waals surface area contributed by atoms with E-state index in [1.807, 2.05) is 11.0 Å². The number of methoxy groups -OCH3 is 1. The van der Waals surface area contributed by atoms with Crippen LogP contribution in [0.15, 0.2) is 24.3 Å². The number of amides is 1. The van der Waals surface area contributed by atoms with Crippen LogP contribution >= 0.6 is 0 Å². The highest BCUT2D eigenvalue weighted by Gasteiger charge is 2.25. The number of hydrogen-bond donors (Lipinski definition) is 1. The highest BCUT2D eigenvalue weighted by molar-refractivity contribution is 5.82. The van der Waals surface area contributed by atoms with Gasteiger partial charge in [0.15, 0.2) is 0 Å². The van der Waals surface area contributed by atoms with Crippen molar-refractivity contribution < 1.29 is 9.53 Å². The van der Waals surface area contributed by atoms with Gasteiger partial charge in [0.1, 0.15) is 0 Å². The summed E-state index contributed by atoms with van der Waals surface area (Å²) in [6.45, 7) is 5.81. The Labute approximate surface area is 126 Å². The first-order valence-corrected chi connectivity index (χ1v) is 7.47. The highest BCUT2D eigenvalue weighted by Crippen LogP contribution is 2.20. The molecule has 1 unspecified atom stereocenters. The van der Waals surface area contributed by atoms with E-state index in [4.69, 9.17) is 10.5 Å². The maximum atomic E-state index is 12.2. The van der Waals surface area contributed by atoms with Crippen molar-refractivity contribution in [1.29, 1.82) is 0 Å². The third-order valence-electron chi connectivity index (χ3n) is 4.00. The molecule has 5 nitrogen and oxygen atoms in total. The van der Waals surface area contributed by atoms with Crippen molar-refractivity contribution in [2.75, 3.05) is 44.8 Å². The number of rotatable bonds is 5. The SMILES string of the molecule is COCCC(N)C(=O)N1CCN(c2ccccc2C)CC1. The lowest BCUT2D eigenvalue weighted by Gasteiger charge is -2.37. The van der Waals surface area contributed by atoms with Crippen LogP contribution in [0.3, 0.4) is 0 Å². The summed E-state index contributed by atoms with van der Waals surface area (Å²) >= 11 is 0. The minimum Gasteiger partial charge on any atom is -0.385 e. The fourth-order valence-electron chi connectivity index (χ4n) is 2.69. The number of nitrogens with zero attached hydrogens (tertiary/aromatic N) is 2. The average molecular weight is 291 g/mol. The lowest BCUT2D eigenvalue weighted by Crippen LogP contribution is -2.53. The number of carbonyl (C=O) groups excluding carboxylic acids is 1. The molecule has 2 N–H and O–H groups in total. The molecule has 21 heavy (non-hydrogen) atoms. The molecule has 0 bridgehead atoms. The second-order valence-electron chi connectivity index (χ2n) is 5.49. The topological polar surface area (TPSA) is 58.8 Å². The number of para-hydroxylation sites is 1. The van der Waals surface area contributed by atoms with Gasteiger partial charge in [-0.2, -0.15) is 0 Å². The molecule has 1 amide bonds.